The van der Waals surface area contributed by atoms with Gasteiger partial charge in [-0.3, -0.25) is 4.79 Å². The number of nitrogens with one attached hydrogen (secondary N) is 1. The molecule has 0 aromatic heterocycles. The summed E-state index contributed by atoms with van der Waals surface area (Å²) in [6.07, 6.45) is 1.06. The second-order valence-electron chi connectivity index (χ2n) is 3.51. The molecule has 1 aromatic rings. The minimum atomic E-state index is -0.0619. The summed E-state index contributed by atoms with van der Waals surface area (Å²) in [5, 5.41) is 3.51. The molecular formula is C11H12ClNOS. The third kappa shape index (κ3) is 2.67. The van der Waals surface area contributed by atoms with Crippen LogP contribution in [0.3, 0.4) is 0 Å². The Morgan fingerprint density at radius 3 is 2.93 bits per heavy atom. The number of benzene rings is 1. The van der Waals surface area contributed by atoms with E-state index in [0.717, 1.165) is 17.9 Å². The van der Waals surface area contributed by atoms with Crippen molar-refractivity contribution < 1.29 is 4.79 Å². The molecule has 2 nitrogen and oxygen atoms in total. The molecule has 2 rings (SSSR count). The first kappa shape index (κ1) is 10.8. The van der Waals surface area contributed by atoms with Crippen molar-refractivity contribution in [1.82, 2.24) is 5.32 Å². The summed E-state index contributed by atoms with van der Waals surface area (Å²) in [7, 11) is 0. The topological polar surface area (TPSA) is 29.1 Å². The minimum Gasteiger partial charge on any atom is -0.348 e. The van der Waals surface area contributed by atoms with Crippen molar-refractivity contribution in [1.29, 1.82) is 0 Å². The van der Waals surface area contributed by atoms with E-state index in [1.54, 1.807) is 12.1 Å². The van der Waals surface area contributed by atoms with E-state index in [-0.39, 0.29) is 5.91 Å². The Kier molecular flexibility index (Phi) is 3.54. The highest BCUT2D eigenvalue weighted by molar-refractivity contribution is 7.99. The smallest absolute Gasteiger partial charge is 0.253 e. The van der Waals surface area contributed by atoms with Crippen molar-refractivity contribution in [2.24, 2.45) is 0 Å². The highest BCUT2D eigenvalue weighted by atomic mass is 35.5. The van der Waals surface area contributed by atoms with Crippen LogP contribution in [0.1, 0.15) is 16.8 Å². The molecular weight excluding hydrogens is 230 g/mol. The van der Waals surface area contributed by atoms with Crippen molar-refractivity contribution in [3.05, 3.63) is 34.9 Å². The average molecular weight is 242 g/mol. The molecule has 1 heterocycles. The van der Waals surface area contributed by atoms with Gasteiger partial charge in [-0.25, -0.2) is 0 Å². The number of halogens is 1. The summed E-state index contributed by atoms with van der Waals surface area (Å²) in [6, 6.07) is 7.44. The van der Waals surface area contributed by atoms with Crippen LogP contribution in [0, 0.1) is 0 Å². The highest BCUT2D eigenvalue weighted by Gasteiger charge is 2.19. The van der Waals surface area contributed by atoms with E-state index in [1.807, 2.05) is 23.9 Å². The molecule has 0 bridgehead atoms. The summed E-state index contributed by atoms with van der Waals surface area (Å²) < 4.78 is 0. The van der Waals surface area contributed by atoms with Crippen molar-refractivity contribution in [2.75, 3.05) is 11.5 Å². The maximum Gasteiger partial charge on any atom is 0.253 e. The summed E-state index contributed by atoms with van der Waals surface area (Å²) in [6.45, 7) is 0. The van der Waals surface area contributed by atoms with E-state index >= 15 is 0 Å². The van der Waals surface area contributed by atoms with Gasteiger partial charge in [-0.05, 0) is 24.3 Å². The second-order valence-corrected chi connectivity index (χ2v) is 5.07. The molecule has 0 radical (unpaired) electrons. The lowest BCUT2D eigenvalue weighted by atomic mass is 10.2. The molecule has 0 saturated carbocycles. The van der Waals surface area contributed by atoms with Crippen LogP contribution in [-0.4, -0.2) is 23.5 Å². The Bertz CT molecular complexity index is 363. The van der Waals surface area contributed by atoms with Crippen LogP contribution in [0.4, 0.5) is 0 Å². The van der Waals surface area contributed by atoms with Gasteiger partial charge in [-0.15, -0.1) is 0 Å². The molecule has 1 aromatic carbocycles. The molecule has 1 aliphatic heterocycles. The summed E-state index contributed by atoms with van der Waals surface area (Å²) >= 11 is 7.81. The predicted molar refractivity (Wildman–Crippen MR) is 64.6 cm³/mol. The summed E-state index contributed by atoms with van der Waals surface area (Å²) in [5.41, 5.74) is 0.566. The van der Waals surface area contributed by atoms with Crippen LogP contribution in [0.15, 0.2) is 24.3 Å². The van der Waals surface area contributed by atoms with E-state index in [4.69, 9.17) is 11.6 Å². The summed E-state index contributed by atoms with van der Waals surface area (Å²) in [4.78, 5) is 11.8. The van der Waals surface area contributed by atoms with Gasteiger partial charge in [-0.2, -0.15) is 11.8 Å². The Morgan fingerprint density at radius 2 is 2.27 bits per heavy atom. The first-order chi connectivity index (χ1) is 7.27. The lowest BCUT2D eigenvalue weighted by Crippen LogP contribution is -2.34. The fourth-order valence-corrected chi connectivity index (χ4v) is 2.93. The summed E-state index contributed by atoms with van der Waals surface area (Å²) in [5.74, 6) is 2.08. The van der Waals surface area contributed by atoms with Gasteiger partial charge >= 0.3 is 0 Å². The molecule has 1 atom stereocenters. The van der Waals surface area contributed by atoms with Gasteiger partial charge in [0.25, 0.3) is 5.91 Å². The molecule has 0 spiro atoms. The van der Waals surface area contributed by atoms with E-state index in [0.29, 0.717) is 16.6 Å². The standard InChI is InChI=1S/C11H12ClNOS/c12-10-4-2-1-3-9(10)11(14)13-8-5-6-15-7-8/h1-4,8H,5-7H2,(H,13,14). The van der Waals surface area contributed by atoms with Crippen molar-refractivity contribution in [3.8, 4) is 0 Å². The van der Waals surface area contributed by atoms with Gasteiger partial charge in [0.1, 0.15) is 0 Å². The van der Waals surface area contributed by atoms with Crippen LogP contribution in [-0.2, 0) is 0 Å². The second kappa shape index (κ2) is 4.90. The molecule has 0 aliphatic carbocycles. The largest absolute Gasteiger partial charge is 0.348 e. The fourth-order valence-electron chi connectivity index (χ4n) is 1.56. The molecule has 15 heavy (non-hydrogen) atoms. The Labute approximate surface area is 98.4 Å². The van der Waals surface area contributed by atoms with E-state index in [2.05, 4.69) is 5.32 Å². The predicted octanol–water partition coefficient (Wildman–Crippen LogP) is 2.58. The molecule has 1 fully saturated rings. The number of carbonyl (C=O) groups is 1. The minimum absolute atomic E-state index is 0.0619. The third-order valence-corrected chi connectivity index (χ3v) is 3.88. The number of amides is 1. The van der Waals surface area contributed by atoms with Crippen LogP contribution in [0.25, 0.3) is 0 Å². The molecule has 4 heteroatoms. The number of thioether (sulfide) groups is 1. The van der Waals surface area contributed by atoms with E-state index in [9.17, 15) is 4.79 Å². The molecule has 1 amide bonds. The molecule has 1 aliphatic rings. The normalized spacial score (nSPS) is 20.2. The maximum atomic E-state index is 11.8. The van der Waals surface area contributed by atoms with Gasteiger partial charge in [-0.1, -0.05) is 23.7 Å². The third-order valence-electron chi connectivity index (χ3n) is 2.38. The van der Waals surface area contributed by atoms with Gasteiger partial charge in [0.2, 0.25) is 0 Å². The van der Waals surface area contributed by atoms with Crippen LogP contribution in [0.2, 0.25) is 5.02 Å². The number of rotatable bonds is 2. The zero-order valence-electron chi connectivity index (χ0n) is 8.20. The van der Waals surface area contributed by atoms with Crippen LogP contribution >= 0.6 is 23.4 Å². The van der Waals surface area contributed by atoms with Gasteiger partial charge < -0.3 is 5.32 Å². The Hall–Kier alpha value is -0.670. The van der Waals surface area contributed by atoms with Gasteiger partial charge in [0.15, 0.2) is 0 Å². The van der Waals surface area contributed by atoms with Crippen molar-refractivity contribution in [3.63, 3.8) is 0 Å². The van der Waals surface area contributed by atoms with E-state index < -0.39 is 0 Å². The SMILES string of the molecule is O=C(NC1CCSC1)c1ccccc1Cl. The molecule has 80 valence electrons. The monoisotopic (exact) mass is 241 g/mol. The Morgan fingerprint density at radius 1 is 1.47 bits per heavy atom. The number of hydrogen-bond acceptors (Lipinski definition) is 2. The average Bonchev–Trinajstić information content (AvgIpc) is 2.71. The lowest BCUT2D eigenvalue weighted by Gasteiger charge is -2.11. The fraction of sp³-hybridized carbons (Fsp3) is 0.364. The quantitative estimate of drug-likeness (QED) is 0.862. The zero-order valence-corrected chi connectivity index (χ0v) is 9.77. The number of carbonyl (C=O) groups excluding carboxylic acids is 1. The van der Waals surface area contributed by atoms with Gasteiger partial charge in [0, 0.05) is 11.8 Å². The first-order valence-corrected chi connectivity index (χ1v) is 6.44. The first-order valence-electron chi connectivity index (χ1n) is 4.90. The van der Waals surface area contributed by atoms with Crippen LogP contribution < -0.4 is 5.32 Å². The molecule has 1 unspecified atom stereocenters. The van der Waals surface area contributed by atoms with Gasteiger partial charge in [0.05, 0.1) is 10.6 Å². The maximum absolute atomic E-state index is 11.8. The molecule has 1 N–H and O–H groups in total. The van der Waals surface area contributed by atoms with Crippen molar-refractivity contribution in [2.45, 2.75) is 12.5 Å². The lowest BCUT2D eigenvalue weighted by molar-refractivity contribution is 0.0941. The van der Waals surface area contributed by atoms with E-state index in [1.165, 1.54) is 0 Å². The number of hydrogen-bond donors (Lipinski definition) is 1. The zero-order chi connectivity index (χ0) is 10.7. The molecule has 1 saturated heterocycles. The van der Waals surface area contributed by atoms with Crippen molar-refractivity contribution >= 4 is 29.3 Å². The highest BCUT2D eigenvalue weighted by Crippen LogP contribution is 2.19. The Balaban J connectivity index is 2.04. The van der Waals surface area contributed by atoms with Crippen LogP contribution in [0.5, 0.6) is 0 Å².